The molecule has 2 aromatic heterocycles. The maximum Gasteiger partial charge on any atom is 0.266 e. The van der Waals surface area contributed by atoms with Crippen LogP contribution in [0.3, 0.4) is 0 Å². The highest BCUT2D eigenvalue weighted by Crippen LogP contribution is 2.17. The molecule has 13 heavy (non-hydrogen) atoms. The fourth-order valence-corrected chi connectivity index (χ4v) is 1.27. The van der Waals surface area contributed by atoms with Crippen LogP contribution in [0.1, 0.15) is 5.89 Å². The van der Waals surface area contributed by atoms with Crippen LogP contribution in [0.25, 0.3) is 11.6 Å². The minimum absolute atomic E-state index is 0.443. The number of aryl methyl sites for hydroxylation is 1. The van der Waals surface area contributed by atoms with Crippen molar-refractivity contribution in [3.05, 3.63) is 28.7 Å². The molecule has 0 atom stereocenters. The lowest BCUT2D eigenvalue weighted by atomic mass is 10.3. The minimum atomic E-state index is 0.443. The third kappa shape index (κ3) is 1.75. The summed E-state index contributed by atoms with van der Waals surface area (Å²) in [4.78, 5) is 4.18. The highest BCUT2D eigenvalue weighted by atomic mass is 79.9. The van der Waals surface area contributed by atoms with Crippen molar-refractivity contribution < 1.29 is 4.42 Å². The number of pyridine rings is 1. The van der Waals surface area contributed by atoms with Gasteiger partial charge in [0.25, 0.3) is 5.89 Å². The Bertz CT molecular complexity index is 427. The van der Waals surface area contributed by atoms with E-state index in [-0.39, 0.29) is 0 Å². The molecule has 0 saturated heterocycles. The summed E-state index contributed by atoms with van der Waals surface area (Å²) < 4.78 is 5.97. The standard InChI is InChI=1S/C8H6BrN3O/c1-5-11-12-8(13-5)6-3-2-4-7(9)10-6/h2-4H,1H3. The molecule has 4 nitrogen and oxygen atoms in total. The number of hydrogen-bond acceptors (Lipinski definition) is 4. The van der Waals surface area contributed by atoms with E-state index in [1.165, 1.54) is 0 Å². The Kier molecular flexibility index (Phi) is 2.10. The molecule has 0 aromatic carbocycles. The van der Waals surface area contributed by atoms with Crippen LogP contribution in [-0.4, -0.2) is 15.2 Å². The van der Waals surface area contributed by atoms with Gasteiger partial charge >= 0.3 is 0 Å². The van der Waals surface area contributed by atoms with Gasteiger partial charge in [-0.05, 0) is 28.1 Å². The molecule has 0 amide bonds. The number of hydrogen-bond donors (Lipinski definition) is 0. The van der Waals surface area contributed by atoms with E-state index in [0.717, 1.165) is 4.60 Å². The molecule has 0 aliphatic carbocycles. The monoisotopic (exact) mass is 239 g/mol. The molecule has 2 rings (SSSR count). The fourth-order valence-electron chi connectivity index (χ4n) is 0.927. The number of aromatic nitrogens is 3. The van der Waals surface area contributed by atoms with Gasteiger partial charge in [0.15, 0.2) is 0 Å². The quantitative estimate of drug-likeness (QED) is 0.717. The summed E-state index contributed by atoms with van der Waals surface area (Å²) in [6.45, 7) is 1.74. The molecular weight excluding hydrogens is 234 g/mol. The highest BCUT2D eigenvalue weighted by molar-refractivity contribution is 9.10. The van der Waals surface area contributed by atoms with Crippen molar-refractivity contribution in [3.8, 4) is 11.6 Å². The Balaban J connectivity index is 2.46. The predicted octanol–water partition coefficient (Wildman–Crippen LogP) is 2.20. The molecule has 66 valence electrons. The molecule has 0 unspecified atom stereocenters. The first-order chi connectivity index (χ1) is 6.25. The van der Waals surface area contributed by atoms with Crippen molar-refractivity contribution in [3.63, 3.8) is 0 Å². The predicted molar refractivity (Wildman–Crippen MR) is 50.0 cm³/mol. The van der Waals surface area contributed by atoms with Crippen molar-refractivity contribution in [1.29, 1.82) is 0 Å². The van der Waals surface area contributed by atoms with E-state index in [0.29, 0.717) is 17.5 Å². The van der Waals surface area contributed by atoms with Gasteiger partial charge in [-0.2, -0.15) is 0 Å². The molecule has 0 spiro atoms. The lowest BCUT2D eigenvalue weighted by Crippen LogP contribution is -1.83. The van der Waals surface area contributed by atoms with Crippen LogP contribution in [0.2, 0.25) is 0 Å². The number of rotatable bonds is 1. The second-order valence-electron chi connectivity index (χ2n) is 2.47. The average molecular weight is 240 g/mol. The Morgan fingerprint density at radius 3 is 2.77 bits per heavy atom. The zero-order chi connectivity index (χ0) is 9.26. The lowest BCUT2D eigenvalue weighted by molar-refractivity contribution is 0.531. The first kappa shape index (κ1) is 8.37. The third-order valence-corrected chi connectivity index (χ3v) is 1.90. The van der Waals surface area contributed by atoms with Crippen molar-refractivity contribution in [2.75, 3.05) is 0 Å². The SMILES string of the molecule is Cc1nnc(-c2cccc(Br)n2)o1. The Morgan fingerprint density at radius 1 is 1.31 bits per heavy atom. The van der Waals surface area contributed by atoms with E-state index in [1.807, 2.05) is 18.2 Å². The smallest absolute Gasteiger partial charge is 0.266 e. The zero-order valence-corrected chi connectivity index (χ0v) is 8.45. The van der Waals surface area contributed by atoms with E-state index >= 15 is 0 Å². The van der Waals surface area contributed by atoms with Crippen LogP contribution in [0.15, 0.2) is 27.2 Å². The molecule has 0 fully saturated rings. The van der Waals surface area contributed by atoms with Gasteiger partial charge in [-0.1, -0.05) is 6.07 Å². The average Bonchev–Trinajstić information content (AvgIpc) is 2.52. The maximum atomic E-state index is 5.22. The molecule has 2 aromatic rings. The van der Waals surface area contributed by atoms with E-state index in [9.17, 15) is 0 Å². The van der Waals surface area contributed by atoms with Crippen molar-refractivity contribution in [2.45, 2.75) is 6.92 Å². The van der Waals surface area contributed by atoms with Gasteiger partial charge in [0.05, 0.1) is 0 Å². The first-order valence-electron chi connectivity index (χ1n) is 3.69. The van der Waals surface area contributed by atoms with Gasteiger partial charge in [0, 0.05) is 6.92 Å². The highest BCUT2D eigenvalue weighted by Gasteiger charge is 2.06. The molecule has 2 heterocycles. The van der Waals surface area contributed by atoms with Crippen LogP contribution < -0.4 is 0 Å². The van der Waals surface area contributed by atoms with Crippen LogP contribution in [0, 0.1) is 6.92 Å². The first-order valence-corrected chi connectivity index (χ1v) is 4.48. The van der Waals surface area contributed by atoms with Crippen molar-refractivity contribution in [2.24, 2.45) is 0 Å². The number of halogens is 1. The molecular formula is C8H6BrN3O. The zero-order valence-electron chi connectivity index (χ0n) is 6.86. The van der Waals surface area contributed by atoms with Gasteiger partial charge < -0.3 is 4.42 Å². The van der Waals surface area contributed by atoms with Crippen LogP contribution in [0.5, 0.6) is 0 Å². The van der Waals surface area contributed by atoms with Crippen LogP contribution in [0.4, 0.5) is 0 Å². The summed E-state index contributed by atoms with van der Waals surface area (Å²) >= 11 is 3.27. The second-order valence-corrected chi connectivity index (χ2v) is 3.28. The Labute approximate surface area is 83.1 Å². The molecule has 0 bridgehead atoms. The largest absolute Gasteiger partial charge is 0.420 e. The Hall–Kier alpha value is -1.23. The molecule has 5 heteroatoms. The summed E-state index contributed by atoms with van der Waals surface area (Å²) in [7, 11) is 0. The van der Waals surface area contributed by atoms with Gasteiger partial charge in [-0.3, -0.25) is 0 Å². The van der Waals surface area contributed by atoms with Crippen LogP contribution in [-0.2, 0) is 0 Å². The lowest BCUT2D eigenvalue weighted by Gasteiger charge is -1.93. The summed E-state index contributed by atoms with van der Waals surface area (Å²) in [5, 5.41) is 7.58. The minimum Gasteiger partial charge on any atom is -0.420 e. The Morgan fingerprint density at radius 2 is 2.15 bits per heavy atom. The van der Waals surface area contributed by atoms with Crippen molar-refractivity contribution >= 4 is 15.9 Å². The molecule has 0 aliphatic heterocycles. The topological polar surface area (TPSA) is 51.8 Å². The third-order valence-electron chi connectivity index (χ3n) is 1.46. The molecule has 0 radical (unpaired) electrons. The second kappa shape index (κ2) is 3.26. The van der Waals surface area contributed by atoms with Gasteiger partial charge in [-0.15, -0.1) is 10.2 Å². The molecule has 0 saturated carbocycles. The summed E-state index contributed by atoms with van der Waals surface area (Å²) in [5.41, 5.74) is 0.676. The fraction of sp³-hybridized carbons (Fsp3) is 0.125. The summed E-state index contributed by atoms with van der Waals surface area (Å²) in [6.07, 6.45) is 0. The number of nitrogens with zero attached hydrogens (tertiary/aromatic N) is 3. The molecule has 0 N–H and O–H groups in total. The summed E-state index contributed by atoms with van der Waals surface area (Å²) in [6, 6.07) is 5.52. The normalized spacial score (nSPS) is 10.3. The van der Waals surface area contributed by atoms with E-state index in [4.69, 9.17) is 4.42 Å². The molecule has 0 aliphatic rings. The maximum absolute atomic E-state index is 5.22. The van der Waals surface area contributed by atoms with E-state index in [2.05, 4.69) is 31.1 Å². The van der Waals surface area contributed by atoms with Gasteiger partial charge in [-0.25, -0.2) is 4.98 Å². The summed E-state index contributed by atoms with van der Waals surface area (Å²) in [5.74, 6) is 0.982. The van der Waals surface area contributed by atoms with Crippen LogP contribution >= 0.6 is 15.9 Å². The van der Waals surface area contributed by atoms with Gasteiger partial charge in [0.2, 0.25) is 5.89 Å². The van der Waals surface area contributed by atoms with E-state index < -0.39 is 0 Å². The van der Waals surface area contributed by atoms with Crippen molar-refractivity contribution in [1.82, 2.24) is 15.2 Å². The van der Waals surface area contributed by atoms with E-state index in [1.54, 1.807) is 6.92 Å². The van der Waals surface area contributed by atoms with Gasteiger partial charge in [0.1, 0.15) is 10.3 Å².